The van der Waals surface area contributed by atoms with Gasteiger partial charge in [-0.15, -0.1) is 0 Å². The first-order valence-electron chi connectivity index (χ1n) is 10.3. The summed E-state index contributed by atoms with van der Waals surface area (Å²) in [5.74, 6) is -3.76. The summed E-state index contributed by atoms with van der Waals surface area (Å²) in [5, 5.41) is 14.2. The Balaban J connectivity index is 1.27. The van der Waals surface area contributed by atoms with Gasteiger partial charge in [-0.2, -0.15) is 10.2 Å². The van der Waals surface area contributed by atoms with Crippen molar-refractivity contribution >= 4 is 11.6 Å². The first-order chi connectivity index (χ1) is 13.8. The van der Waals surface area contributed by atoms with Crippen LogP contribution < -0.4 is 5.32 Å². The van der Waals surface area contributed by atoms with E-state index in [1.807, 2.05) is 10.9 Å². The lowest BCUT2D eigenvalue weighted by atomic mass is 9.87. The van der Waals surface area contributed by atoms with Crippen molar-refractivity contribution in [1.82, 2.24) is 24.9 Å². The molecule has 5 rings (SSSR count). The Morgan fingerprint density at radius 2 is 2.14 bits per heavy atom. The highest BCUT2D eigenvalue weighted by Gasteiger charge is 2.78. The number of piperidine rings is 1. The highest BCUT2D eigenvalue weighted by atomic mass is 19.3. The van der Waals surface area contributed by atoms with E-state index in [9.17, 15) is 13.6 Å². The number of carbonyl (C=O) groups is 1. The first-order valence-corrected chi connectivity index (χ1v) is 10.3. The Labute approximate surface area is 167 Å². The number of amides is 1. The number of nitrogens with zero attached hydrogens (tertiary/aromatic N) is 4. The summed E-state index contributed by atoms with van der Waals surface area (Å²) in [7, 11) is 0. The lowest BCUT2D eigenvalue weighted by Gasteiger charge is -2.31. The molecule has 156 valence electrons. The van der Waals surface area contributed by atoms with Gasteiger partial charge in [0.25, 0.3) is 11.8 Å². The molecule has 0 unspecified atom stereocenters. The van der Waals surface area contributed by atoms with Crippen molar-refractivity contribution in [2.75, 3.05) is 25.0 Å². The van der Waals surface area contributed by atoms with Crippen molar-refractivity contribution in [2.45, 2.75) is 51.5 Å². The summed E-state index contributed by atoms with van der Waals surface area (Å²) in [6.07, 6.45) is 5.96. The second-order valence-corrected chi connectivity index (χ2v) is 8.83. The van der Waals surface area contributed by atoms with Crippen LogP contribution in [0.25, 0.3) is 0 Å². The Bertz CT molecular complexity index is 945. The maximum Gasteiger partial charge on any atom is 0.276 e. The lowest BCUT2D eigenvalue weighted by molar-refractivity contribution is 0.0631. The van der Waals surface area contributed by atoms with Crippen LogP contribution in [0.2, 0.25) is 0 Å². The van der Waals surface area contributed by atoms with Crippen LogP contribution in [0.3, 0.4) is 0 Å². The summed E-state index contributed by atoms with van der Waals surface area (Å²) in [4.78, 5) is 15.2. The maximum atomic E-state index is 14.1. The van der Waals surface area contributed by atoms with Gasteiger partial charge in [-0.3, -0.25) is 14.6 Å². The van der Waals surface area contributed by atoms with Gasteiger partial charge in [0, 0.05) is 48.3 Å². The molecule has 1 saturated carbocycles. The fourth-order valence-electron chi connectivity index (χ4n) is 5.09. The van der Waals surface area contributed by atoms with Crippen molar-refractivity contribution in [3.05, 3.63) is 29.3 Å². The molecule has 0 radical (unpaired) electrons. The van der Waals surface area contributed by atoms with E-state index < -0.39 is 17.3 Å². The van der Waals surface area contributed by atoms with Crippen molar-refractivity contribution in [3.8, 4) is 0 Å². The van der Waals surface area contributed by atoms with E-state index in [0.717, 1.165) is 32.5 Å². The number of H-pyrrole nitrogens is 1. The van der Waals surface area contributed by atoms with E-state index >= 15 is 0 Å². The van der Waals surface area contributed by atoms with Gasteiger partial charge in [0.05, 0.1) is 17.9 Å². The predicted molar refractivity (Wildman–Crippen MR) is 103 cm³/mol. The zero-order chi connectivity index (χ0) is 20.4. The van der Waals surface area contributed by atoms with Gasteiger partial charge in [-0.1, -0.05) is 13.8 Å². The molecule has 2 atom stereocenters. The zero-order valence-electron chi connectivity index (χ0n) is 16.7. The van der Waals surface area contributed by atoms with Gasteiger partial charge >= 0.3 is 0 Å². The molecule has 3 aliphatic rings. The van der Waals surface area contributed by atoms with Crippen LogP contribution >= 0.6 is 0 Å². The van der Waals surface area contributed by atoms with E-state index in [2.05, 4.69) is 32.4 Å². The number of aromatic nitrogens is 4. The van der Waals surface area contributed by atoms with Crippen molar-refractivity contribution in [2.24, 2.45) is 11.3 Å². The van der Waals surface area contributed by atoms with Gasteiger partial charge < -0.3 is 10.2 Å². The first kappa shape index (κ1) is 18.7. The molecule has 9 heteroatoms. The average Bonchev–Trinajstić information content (AvgIpc) is 3.15. The monoisotopic (exact) mass is 404 g/mol. The van der Waals surface area contributed by atoms with Gasteiger partial charge in [-0.05, 0) is 25.8 Å². The molecule has 7 nitrogen and oxygen atoms in total. The number of alkyl halides is 2. The zero-order valence-corrected chi connectivity index (χ0v) is 16.7. The number of anilines is 1. The average molecular weight is 404 g/mol. The molecular formula is C20H26F2N6O. The number of carbonyl (C=O) groups excluding carboxylic acids is 1. The molecule has 2 aromatic heterocycles. The standard InChI is InChI=1S/C20H26F2N6O/c1-3-27-6-4-13(5-7-27)28-11-12(10-23-28)24-18(29)17-14-8-16-19(2,20(16,21)22)9-15(14)25-26-17/h10-11,13,16H,3-9H2,1-2H3,(H,24,29)(H,25,26)/t16-,19+/m1/s1. The third kappa shape index (κ3) is 2.81. The van der Waals surface area contributed by atoms with Crippen LogP contribution in [-0.2, 0) is 12.8 Å². The van der Waals surface area contributed by atoms with Crippen molar-refractivity contribution < 1.29 is 13.6 Å². The molecule has 0 aromatic carbocycles. The number of hydrogen-bond donors (Lipinski definition) is 2. The van der Waals surface area contributed by atoms with E-state index in [1.54, 1.807) is 13.1 Å². The van der Waals surface area contributed by atoms with Crippen LogP contribution in [0.5, 0.6) is 0 Å². The normalized spacial score (nSPS) is 28.6. The highest BCUT2D eigenvalue weighted by Crippen LogP contribution is 2.70. The Morgan fingerprint density at radius 3 is 2.86 bits per heavy atom. The minimum absolute atomic E-state index is 0.188. The summed E-state index contributed by atoms with van der Waals surface area (Å²) >= 11 is 0. The second-order valence-electron chi connectivity index (χ2n) is 8.83. The third-order valence-corrected chi connectivity index (χ3v) is 7.24. The van der Waals surface area contributed by atoms with Crippen LogP contribution in [0.4, 0.5) is 14.5 Å². The number of likely N-dealkylation sites (tertiary alicyclic amines) is 1. The highest BCUT2D eigenvalue weighted by molar-refractivity contribution is 6.04. The fourth-order valence-corrected chi connectivity index (χ4v) is 5.09. The number of hydrogen-bond acceptors (Lipinski definition) is 4. The fraction of sp³-hybridized carbons (Fsp3) is 0.650. The Hall–Kier alpha value is -2.29. The summed E-state index contributed by atoms with van der Waals surface area (Å²) < 4.78 is 30.1. The second kappa shape index (κ2) is 6.35. The van der Waals surface area contributed by atoms with E-state index in [1.165, 1.54) is 0 Å². The third-order valence-electron chi connectivity index (χ3n) is 7.24. The quantitative estimate of drug-likeness (QED) is 0.821. The van der Waals surface area contributed by atoms with Gasteiger partial charge in [0.1, 0.15) is 0 Å². The Kier molecular flexibility index (Phi) is 4.10. The van der Waals surface area contributed by atoms with Crippen LogP contribution in [0.15, 0.2) is 12.4 Å². The molecule has 1 aliphatic heterocycles. The summed E-state index contributed by atoms with van der Waals surface area (Å²) in [6, 6.07) is 0.330. The summed E-state index contributed by atoms with van der Waals surface area (Å²) in [5.41, 5.74) is 1.09. The van der Waals surface area contributed by atoms with Gasteiger partial charge in [0.15, 0.2) is 5.69 Å². The molecule has 0 spiro atoms. The van der Waals surface area contributed by atoms with Crippen molar-refractivity contribution in [1.29, 1.82) is 0 Å². The van der Waals surface area contributed by atoms with Crippen LogP contribution in [0.1, 0.15) is 54.5 Å². The Morgan fingerprint density at radius 1 is 1.38 bits per heavy atom. The topological polar surface area (TPSA) is 78.8 Å². The van der Waals surface area contributed by atoms with Crippen molar-refractivity contribution in [3.63, 3.8) is 0 Å². The number of aromatic amines is 1. The summed E-state index contributed by atoms with van der Waals surface area (Å²) in [6.45, 7) is 6.94. The number of halogens is 2. The smallest absolute Gasteiger partial charge is 0.276 e. The molecule has 2 aliphatic carbocycles. The SMILES string of the molecule is CCN1CCC(n2cc(NC(=O)c3n[nH]c4c3C[C@H]3C(F)(F)[C@@]3(C)C4)cn2)CC1. The number of fused-ring (bicyclic) bond motifs is 2. The molecule has 2 fully saturated rings. The largest absolute Gasteiger partial charge is 0.318 e. The predicted octanol–water partition coefficient (Wildman–Crippen LogP) is 2.89. The van der Waals surface area contributed by atoms with E-state index in [0.29, 0.717) is 23.0 Å². The maximum absolute atomic E-state index is 14.1. The van der Waals surface area contributed by atoms with Gasteiger partial charge in [0.2, 0.25) is 0 Å². The molecular weight excluding hydrogens is 378 g/mol. The van der Waals surface area contributed by atoms with Crippen LogP contribution in [0, 0.1) is 11.3 Å². The van der Waals surface area contributed by atoms with Gasteiger partial charge in [-0.25, -0.2) is 8.78 Å². The van der Waals surface area contributed by atoms with E-state index in [4.69, 9.17) is 0 Å². The lowest BCUT2D eigenvalue weighted by Crippen LogP contribution is -2.34. The molecule has 2 aromatic rings. The minimum Gasteiger partial charge on any atom is -0.318 e. The molecule has 0 bridgehead atoms. The molecule has 1 saturated heterocycles. The molecule has 1 amide bonds. The molecule has 29 heavy (non-hydrogen) atoms. The minimum atomic E-state index is -2.67. The number of nitrogens with one attached hydrogen (secondary N) is 2. The van der Waals surface area contributed by atoms with Crippen LogP contribution in [-0.4, -0.2) is 56.3 Å². The van der Waals surface area contributed by atoms with E-state index in [-0.39, 0.29) is 24.4 Å². The molecule has 3 heterocycles. The molecule has 2 N–H and O–H groups in total. The number of rotatable bonds is 4.